The molecule has 6 nitrogen and oxygen atoms in total. The van der Waals surface area contributed by atoms with E-state index in [1.807, 2.05) is 0 Å². The molecule has 1 aliphatic carbocycles. The molecule has 0 spiro atoms. The molecule has 0 unspecified atom stereocenters. The van der Waals surface area contributed by atoms with Crippen molar-refractivity contribution in [2.75, 3.05) is 5.32 Å². The molecule has 1 saturated carbocycles. The summed E-state index contributed by atoms with van der Waals surface area (Å²) in [5, 5.41) is 14.0. The molecular weight excluding hydrogens is 256 g/mol. The van der Waals surface area contributed by atoms with Crippen molar-refractivity contribution in [1.29, 1.82) is 0 Å². The summed E-state index contributed by atoms with van der Waals surface area (Å²) in [5.74, 6) is 0.229. The quantitative estimate of drug-likeness (QED) is 0.395. The van der Waals surface area contributed by atoms with E-state index in [4.69, 9.17) is 11.6 Å². The van der Waals surface area contributed by atoms with E-state index in [9.17, 15) is 10.1 Å². The van der Waals surface area contributed by atoms with Crippen LogP contribution < -0.4 is 5.32 Å². The molecule has 0 aliphatic heterocycles. The van der Waals surface area contributed by atoms with Crippen LogP contribution in [0.3, 0.4) is 0 Å². The second-order valence-corrected chi connectivity index (χ2v) is 4.80. The molecule has 1 aliphatic rings. The summed E-state index contributed by atoms with van der Waals surface area (Å²) < 4.78 is 0. The van der Waals surface area contributed by atoms with Crippen LogP contribution in [0.15, 0.2) is 6.20 Å². The van der Waals surface area contributed by atoms with Gasteiger partial charge in [0, 0.05) is 6.04 Å². The summed E-state index contributed by atoms with van der Waals surface area (Å²) in [6.07, 6.45) is 7.91. The third-order valence-corrected chi connectivity index (χ3v) is 3.31. The lowest BCUT2D eigenvalue weighted by atomic mass is 10.1. The van der Waals surface area contributed by atoms with E-state index >= 15 is 0 Å². The van der Waals surface area contributed by atoms with Gasteiger partial charge in [-0.1, -0.05) is 25.7 Å². The van der Waals surface area contributed by atoms with Gasteiger partial charge in [0.25, 0.3) is 0 Å². The first-order valence-electron chi connectivity index (χ1n) is 6.10. The topological polar surface area (TPSA) is 81.0 Å². The van der Waals surface area contributed by atoms with Crippen LogP contribution in [0, 0.1) is 10.1 Å². The number of hydrogen-bond donors (Lipinski definition) is 1. The average Bonchev–Trinajstić information content (AvgIpc) is 2.57. The van der Waals surface area contributed by atoms with Gasteiger partial charge in [0.05, 0.1) is 4.92 Å². The van der Waals surface area contributed by atoms with Crippen LogP contribution in [0.2, 0.25) is 5.28 Å². The van der Waals surface area contributed by atoms with E-state index in [1.54, 1.807) is 0 Å². The Morgan fingerprint density at radius 1 is 1.33 bits per heavy atom. The predicted octanol–water partition coefficient (Wildman–Crippen LogP) is 3.17. The molecule has 0 atom stereocenters. The molecule has 0 radical (unpaired) electrons. The largest absolute Gasteiger partial charge is 0.361 e. The Kier molecular flexibility index (Phi) is 4.30. The number of nitrogens with one attached hydrogen (secondary N) is 1. The lowest BCUT2D eigenvalue weighted by Crippen LogP contribution is -2.20. The van der Waals surface area contributed by atoms with Crippen LogP contribution in [-0.4, -0.2) is 20.9 Å². The number of rotatable bonds is 3. The Morgan fingerprint density at radius 3 is 2.61 bits per heavy atom. The van der Waals surface area contributed by atoms with Crippen LogP contribution in [0.4, 0.5) is 11.5 Å². The molecule has 1 aromatic heterocycles. The number of anilines is 1. The summed E-state index contributed by atoms with van der Waals surface area (Å²) >= 11 is 5.69. The minimum atomic E-state index is -0.491. The molecule has 0 bridgehead atoms. The first-order valence-corrected chi connectivity index (χ1v) is 6.48. The predicted molar refractivity (Wildman–Crippen MR) is 68.8 cm³/mol. The normalized spacial score (nSPS) is 17.2. The fraction of sp³-hybridized carbons (Fsp3) is 0.636. The minimum Gasteiger partial charge on any atom is -0.361 e. The van der Waals surface area contributed by atoms with Crippen molar-refractivity contribution in [2.24, 2.45) is 0 Å². The van der Waals surface area contributed by atoms with Gasteiger partial charge < -0.3 is 5.32 Å². The van der Waals surface area contributed by atoms with E-state index in [1.165, 1.54) is 12.8 Å². The zero-order valence-electron chi connectivity index (χ0n) is 9.93. The number of halogens is 1. The number of nitro groups is 1. The van der Waals surface area contributed by atoms with Gasteiger partial charge in [-0.25, -0.2) is 4.98 Å². The molecule has 0 amide bonds. The molecule has 98 valence electrons. The second kappa shape index (κ2) is 5.95. The summed E-state index contributed by atoms with van der Waals surface area (Å²) in [4.78, 5) is 18.0. The molecule has 0 aromatic carbocycles. The van der Waals surface area contributed by atoms with Gasteiger partial charge in [0.15, 0.2) is 0 Å². The van der Waals surface area contributed by atoms with Gasteiger partial charge in [-0.3, -0.25) is 10.1 Å². The average molecular weight is 271 g/mol. The fourth-order valence-electron chi connectivity index (χ4n) is 2.21. The van der Waals surface area contributed by atoms with Crippen molar-refractivity contribution in [2.45, 2.75) is 44.6 Å². The SMILES string of the molecule is O=[N+]([O-])c1cnc(Cl)nc1NC1CCCCCC1. The van der Waals surface area contributed by atoms with E-state index in [0.717, 1.165) is 31.9 Å². The van der Waals surface area contributed by atoms with Crippen LogP contribution in [0.1, 0.15) is 38.5 Å². The summed E-state index contributed by atoms with van der Waals surface area (Å²) in [7, 11) is 0. The Hall–Kier alpha value is -1.43. The number of nitrogens with zero attached hydrogens (tertiary/aromatic N) is 3. The molecule has 1 heterocycles. The van der Waals surface area contributed by atoms with Crippen LogP contribution in [-0.2, 0) is 0 Å². The zero-order chi connectivity index (χ0) is 13.0. The van der Waals surface area contributed by atoms with Gasteiger partial charge >= 0.3 is 5.69 Å². The highest BCUT2D eigenvalue weighted by Gasteiger charge is 2.20. The lowest BCUT2D eigenvalue weighted by Gasteiger charge is -2.16. The number of aromatic nitrogens is 2. The summed E-state index contributed by atoms with van der Waals surface area (Å²) in [5.41, 5.74) is -0.122. The maximum Gasteiger partial charge on any atom is 0.329 e. The van der Waals surface area contributed by atoms with Gasteiger partial charge in [-0.05, 0) is 24.4 Å². The molecule has 0 saturated heterocycles. The van der Waals surface area contributed by atoms with Gasteiger partial charge in [-0.2, -0.15) is 4.98 Å². The molecule has 2 rings (SSSR count). The Morgan fingerprint density at radius 2 is 2.00 bits per heavy atom. The van der Waals surface area contributed by atoms with Crippen molar-refractivity contribution < 1.29 is 4.92 Å². The third-order valence-electron chi connectivity index (χ3n) is 3.13. The summed E-state index contributed by atoms with van der Waals surface area (Å²) in [6.45, 7) is 0. The van der Waals surface area contributed by atoms with E-state index in [0.29, 0.717) is 0 Å². The van der Waals surface area contributed by atoms with Crippen molar-refractivity contribution >= 4 is 23.1 Å². The number of hydrogen-bond acceptors (Lipinski definition) is 5. The Labute approximate surface area is 110 Å². The minimum absolute atomic E-state index is 0.0247. The Balaban J connectivity index is 2.15. The maximum atomic E-state index is 10.9. The van der Waals surface area contributed by atoms with E-state index < -0.39 is 4.92 Å². The third kappa shape index (κ3) is 3.29. The van der Waals surface area contributed by atoms with Crippen molar-refractivity contribution in [1.82, 2.24) is 9.97 Å². The van der Waals surface area contributed by atoms with Gasteiger partial charge in [-0.15, -0.1) is 0 Å². The highest BCUT2D eigenvalue weighted by molar-refractivity contribution is 6.28. The monoisotopic (exact) mass is 270 g/mol. The van der Waals surface area contributed by atoms with Crippen LogP contribution in [0.5, 0.6) is 0 Å². The second-order valence-electron chi connectivity index (χ2n) is 4.46. The first-order chi connectivity index (χ1) is 8.66. The lowest BCUT2D eigenvalue weighted by molar-refractivity contribution is -0.384. The van der Waals surface area contributed by atoms with Crippen molar-refractivity contribution in [3.63, 3.8) is 0 Å². The summed E-state index contributed by atoms with van der Waals surface area (Å²) in [6, 6.07) is 0.233. The van der Waals surface area contributed by atoms with Gasteiger partial charge in [0.1, 0.15) is 6.20 Å². The highest BCUT2D eigenvalue weighted by Crippen LogP contribution is 2.26. The van der Waals surface area contributed by atoms with Crippen molar-refractivity contribution in [3.05, 3.63) is 21.6 Å². The first kappa shape index (κ1) is 13.0. The fourth-order valence-corrected chi connectivity index (χ4v) is 2.34. The molecule has 18 heavy (non-hydrogen) atoms. The van der Waals surface area contributed by atoms with Crippen LogP contribution >= 0.6 is 11.6 Å². The zero-order valence-corrected chi connectivity index (χ0v) is 10.7. The smallest absolute Gasteiger partial charge is 0.329 e. The Bertz CT molecular complexity index is 433. The van der Waals surface area contributed by atoms with Crippen molar-refractivity contribution in [3.8, 4) is 0 Å². The standard InChI is InChI=1S/C11H15ClN4O2/c12-11-13-7-9(16(17)18)10(15-11)14-8-5-3-1-2-4-6-8/h7-8H,1-6H2,(H,13,14,15). The molecular formula is C11H15ClN4O2. The van der Waals surface area contributed by atoms with Gasteiger partial charge in [0.2, 0.25) is 11.1 Å². The molecule has 1 fully saturated rings. The highest BCUT2D eigenvalue weighted by atomic mass is 35.5. The molecule has 7 heteroatoms. The van der Waals surface area contributed by atoms with E-state index in [2.05, 4.69) is 15.3 Å². The van der Waals surface area contributed by atoms with E-state index in [-0.39, 0.29) is 22.8 Å². The van der Waals surface area contributed by atoms with Crippen LogP contribution in [0.25, 0.3) is 0 Å². The maximum absolute atomic E-state index is 10.9. The molecule has 1 N–H and O–H groups in total. The molecule has 1 aromatic rings.